The van der Waals surface area contributed by atoms with Gasteiger partial charge in [0.1, 0.15) is 5.37 Å². The molecule has 0 aromatic carbocycles. The summed E-state index contributed by atoms with van der Waals surface area (Å²) in [5.74, 6) is 2.00. The molecule has 1 heterocycles. The average Bonchev–Trinajstić information content (AvgIpc) is 2.34. The summed E-state index contributed by atoms with van der Waals surface area (Å²) in [6.45, 7) is 4.19. The van der Waals surface area contributed by atoms with Crippen LogP contribution in [0.1, 0.15) is 26.2 Å². The summed E-state index contributed by atoms with van der Waals surface area (Å²) < 4.78 is 24.3. The molecule has 2 N–H and O–H groups in total. The molecule has 2 aliphatic rings. The molecule has 0 aromatic rings. The van der Waals surface area contributed by atoms with Crippen LogP contribution in [0.5, 0.6) is 0 Å². The first kappa shape index (κ1) is 14.6. The molecular formula is C12H24N2O2S2. The van der Waals surface area contributed by atoms with Crippen molar-refractivity contribution in [2.45, 2.75) is 31.6 Å². The van der Waals surface area contributed by atoms with Crippen LogP contribution < -0.4 is 5.73 Å². The molecule has 0 amide bonds. The predicted octanol–water partition coefficient (Wildman–Crippen LogP) is 0.925. The van der Waals surface area contributed by atoms with Crippen LogP contribution >= 0.6 is 11.8 Å². The number of hydrogen-bond donors (Lipinski definition) is 1. The number of hydrogen-bond acceptors (Lipinski definition) is 5. The normalized spacial score (nSPS) is 28.9. The molecule has 0 spiro atoms. The van der Waals surface area contributed by atoms with E-state index < -0.39 is 9.84 Å². The number of nitrogens with zero attached hydrogens (tertiary/aromatic N) is 1. The van der Waals surface area contributed by atoms with E-state index in [0.717, 1.165) is 37.4 Å². The number of nitrogens with two attached hydrogens (primary N) is 1. The van der Waals surface area contributed by atoms with Crippen molar-refractivity contribution in [1.82, 2.24) is 4.90 Å². The summed E-state index contributed by atoms with van der Waals surface area (Å²) in [6.07, 6.45) is 3.56. The fraction of sp³-hybridized carbons (Fsp3) is 1.00. The second kappa shape index (κ2) is 5.69. The highest BCUT2D eigenvalue weighted by molar-refractivity contribution is 8.01. The van der Waals surface area contributed by atoms with Crippen molar-refractivity contribution in [2.75, 3.05) is 36.9 Å². The molecule has 1 saturated carbocycles. The van der Waals surface area contributed by atoms with Crippen LogP contribution in [0.15, 0.2) is 0 Å². The Hall–Kier alpha value is 0.220. The van der Waals surface area contributed by atoms with Crippen molar-refractivity contribution < 1.29 is 8.42 Å². The molecule has 0 radical (unpaired) electrons. The lowest BCUT2D eigenvalue weighted by atomic mass is 9.68. The van der Waals surface area contributed by atoms with Gasteiger partial charge in [0.15, 0.2) is 9.84 Å². The Labute approximate surface area is 115 Å². The molecule has 1 aliphatic heterocycles. The Morgan fingerprint density at radius 1 is 1.44 bits per heavy atom. The summed E-state index contributed by atoms with van der Waals surface area (Å²) in [4.78, 5) is 2.18. The number of sulfone groups is 1. The van der Waals surface area contributed by atoms with E-state index in [1.54, 1.807) is 18.7 Å². The highest BCUT2D eigenvalue weighted by atomic mass is 32.2. The zero-order valence-corrected chi connectivity index (χ0v) is 12.7. The monoisotopic (exact) mass is 292 g/mol. The first-order chi connectivity index (χ1) is 8.53. The van der Waals surface area contributed by atoms with Gasteiger partial charge in [0.05, 0.1) is 0 Å². The van der Waals surface area contributed by atoms with Gasteiger partial charge in [0.2, 0.25) is 0 Å². The minimum Gasteiger partial charge on any atom is -0.330 e. The number of thioether (sulfide) groups is 1. The van der Waals surface area contributed by atoms with E-state index >= 15 is 0 Å². The molecule has 1 aliphatic carbocycles. The predicted molar refractivity (Wildman–Crippen MR) is 77.5 cm³/mol. The summed E-state index contributed by atoms with van der Waals surface area (Å²) >= 11 is 1.76. The van der Waals surface area contributed by atoms with Crippen LogP contribution in [-0.4, -0.2) is 55.6 Å². The quantitative estimate of drug-likeness (QED) is 0.816. The highest BCUT2D eigenvalue weighted by Crippen LogP contribution is 2.41. The van der Waals surface area contributed by atoms with Crippen molar-refractivity contribution in [3.05, 3.63) is 0 Å². The smallest absolute Gasteiger partial charge is 0.166 e. The van der Waals surface area contributed by atoms with Gasteiger partial charge in [-0.05, 0) is 24.8 Å². The molecule has 0 aromatic heterocycles. The third-order valence-electron chi connectivity index (χ3n) is 4.39. The number of rotatable bonds is 5. The molecule has 4 nitrogen and oxygen atoms in total. The van der Waals surface area contributed by atoms with E-state index in [1.807, 2.05) is 0 Å². The summed E-state index contributed by atoms with van der Waals surface area (Å²) in [6, 6.07) is 0. The molecule has 1 saturated heterocycles. The Balaban J connectivity index is 2.08. The van der Waals surface area contributed by atoms with Gasteiger partial charge in [-0.25, -0.2) is 8.42 Å². The molecule has 106 valence electrons. The van der Waals surface area contributed by atoms with E-state index in [4.69, 9.17) is 5.73 Å². The van der Waals surface area contributed by atoms with E-state index in [0.29, 0.717) is 6.54 Å². The maximum absolute atomic E-state index is 12.2. The lowest BCUT2D eigenvalue weighted by Crippen LogP contribution is -2.55. The van der Waals surface area contributed by atoms with Crippen LogP contribution in [-0.2, 0) is 9.84 Å². The van der Waals surface area contributed by atoms with Crippen molar-refractivity contribution >= 4 is 21.6 Å². The van der Waals surface area contributed by atoms with E-state index in [2.05, 4.69) is 4.90 Å². The third-order valence-corrected chi connectivity index (χ3v) is 7.73. The first-order valence-corrected chi connectivity index (χ1v) is 9.63. The van der Waals surface area contributed by atoms with Crippen LogP contribution in [0, 0.1) is 5.41 Å². The van der Waals surface area contributed by atoms with Crippen LogP contribution in [0.3, 0.4) is 0 Å². The topological polar surface area (TPSA) is 63.4 Å². The zero-order valence-electron chi connectivity index (χ0n) is 11.1. The van der Waals surface area contributed by atoms with Gasteiger partial charge in [0.25, 0.3) is 0 Å². The Bertz CT molecular complexity index is 374. The van der Waals surface area contributed by atoms with E-state index in [1.165, 1.54) is 6.42 Å². The second-order valence-corrected chi connectivity index (χ2v) is 9.11. The Morgan fingerprint density at radius 3 is 2.67 bits per heavy atom. The van der Waals surface area contributed by atoms with Gasteiger partial charge >= 0.3 is 0 Å². The van der Waals surface area contributed by atoms with Gasteiger partial charge in [0, 0.05) is 30.3 Å². The fourth-order valence-corrected chi connectivity index (χ4v) is 5.93. The maximum atomic E-state index is 12.2. The van der Waals surface area contributed by atoms with Crippen LogP contribution in [0.2, 0.25) is 0 Å². The molecule has 2 fully saturated rings. The molecular weight excluding hydrogens is 268 g/mol. The van der Waals surface area contributed by atoms with Gasteiger partial charge in [-0.1, -0.05) is 13.3 Å². The average molecular weight is 292 g/mol. The van der Waals surface area contributed by atoms with Crippen LogP contribution in [0.4, 0.5) is 0 Å². The van der Waals surface area contributed by atoms with Crippen molar-refractivity contribution in [1.29, 1.82) is 0 Å². The summed E-state index contributed by atoms with van der Waals surface area (Å²) in [5.41, 5.74) is 6.09. The van der Waals surface area contributed by atoms with Gasteiger partial charge in [-0.15, -0.1) is 0 Å². The molecule has 1 atom stereocenters. The SMILES string of the molecule is CCS(=O)(=O)C1CSCCN1CC1(CN)CCC1. The lowest BCUT2D eigenvalue weighted by molar-refractivity contribution is 0.0727. The standard InChI is InChI=1S/C12H24N2O2S2/c1-2-18(15,16)11-8-17-7-6-14(11)10-12(9-13)4-3-5-12/h11H,2-10,13H2,1H3. The minimum atomic E-state index is -2.97. The van der Waals surface area contributed by atoms with Crippen molar-refractivity contribution in [2.24, 2.45) is 11.1 Å². The van der Waals surface area contributed by atoms with Gasteiger partial charge < -0.3 is 5.73 Å². The second-order valence-electron chi connectivity index (χ2n) is 5.51. The highest BCUT2D eigenvalue weighted by Gasteiger charge is 2.41. The fourth-order valence-electron chi connectivity index (χ4n) is 2.85. The largest absolute Gasteiger partial charge is 0.330 e. The minimum absolute atomic E-state index is 0.198. The molecule has 1 unspecified atom stereocenters. The van der Waals surface area contributed by atoms with Gasteiger partial charge in [-0.2, -0.15) is 11.8 Å². The summed E-state index contributed by atoms with van der Waals surface area (Å²) in [5, 5.41) is -0.287. The summed E-state index contributed by atoms with van der Waals surface area (Å²) in [7, 11) is -2.97. The van der Waals surface area contributed by atoms with E-state index in [9.17, 15) is 8.42 Å². The van der Waals surface area contributed by atoms with Gasteiger partial charge in [-0.3, -0.25) is 4.90 Å². The molecule has 2 rings (SSSR count). The molecule has 18 heavy (non-hydrogen) atoms. The zero-order chi connectivity index (χ0) is 13.2. The third kappa shape index (κ3) is 2.86. The molecule has 6 heteroatoms. The Morgan fingerprint density at radius 2 is 2.17 bits per heavy atom. The maximum Gasteiger partial charge on any atom is 0.166 e. The van der Waals surface area contributed by atoms with Crippen molar-refractivity contribution in [3.8, 4) is 0 Å². The first-order valence-electron chi connectivity index (χ1n) is 6.76. The lowest BCUT2D eigenvalue weighted by Gasteiger charge is -2.47. The van der Waals surface area contributed by atoms with E-state index in [-0.39, 0.29) is 16.5 Å². The van der Waals surface area contributed by atoms with Crippen LogP contribution in [0.25, 0.3) is 0 Å². The van der Waals surface area contributed by atoms with Crippen molar-refractivity contribution in [3.63, 3.8) is 0 Å². The Kier molecular flexibility index (Phi) is 4.62. The molecule has 0 bridgehead atoms.